The summed E-state index contributed by atoms with van der Waals surface area (Å²) in [5.74, 6) is 0.0408. The third-order valence-corrected chi connectivity index (χ3v) is 3.79. The van der Waals surface area contributed by atoms with Gasteiger partial charge in [0.1, 0.15) is 0 Å². The fourth-order valence-corrected chi connectivity index (χ4v) is 2.42. The predicted molar refractivity (Wildman–Crippen MR) is 74.7 cm³/mol. The lowest BCUT2D eigenvalue weighted by atomic mass is 10.2. The van der Waals surface area contributed by atoms with Crippen LogP contribution in [0.15, 0.2) is 5.38 Å². The van der Waals surface area contributed by atoms with Gasteiger partial charge < -0.3 is 15.2 Å². The van der Waals surface area contributed by atoms with Crippen LogP contribution in [0, 0.1) is 5.92 Å². The molecule has 0 amide bonds. The van der Waals surface area contributed by atoms with E-state index in [9.17, 15) is 4.79 Å². The molecule has 0 spiro atoms. The standard InChI is InChI=1S/C13H20N2O3S/c16-12(17)5-4-11-9-19-13(15-11)14-6-1-7-18-8-10-2-3-10/h9-10H,1-8H2,(H,14,15)(H,16,17). The molecule has 0 radical (unpaired) electrons. The van der Waals surface area contributed by atoms with E-state index in [1.165, 1.54) is 24.2 Å². The van der Waals surface area contributed by atoms with Gasteiger partial charge in [0.2, 0.25) is 0 Å². The number of nitrogens with zero attached hydrogens (tertiary/aromatic N) is 1. The normalized spacial score (nSPS) is 14.5. The number of aryl methyl sites for hydroxylation is 1. The van der Waals surface area contributed by atoms with Crippen LogP contribution < -0.4 is 5.32 Å². The molecule has 1 aromatic rings. The highest BCUT2D eigenvalue weighted by atomic mass is 32.1. The molecule has 1 heterocycles. The molecular formula is C13H20N2O3S. The summed E-state index contributed by atoms with van der Waals surface area (Å²) in [7, 11) is 0. The largest absolute Gasteiger partial charge is 0.481 e. The average molecular weight is 284 g/mol. The lowest BCUT2D eigenvalue weighted by Gasteiger charge is -2.03. The van der Waals surface area contributed by atoms with Crippen molar-refractivity contribution in [2.45, 2.75) is 32.1 Å². The maximum atomic E-state index is 10.5. The number of hydrogen-bond donors (Lipinski definition) is 2. The molecule has 19 heavy (non-hydrogen) atoms. The topological polar surface area (TPSA) is 71.5 Å². The summed E-state index contributed by atoms with van der Waals surface area (Å²) < 4.78 is 5.54. The molecule has 5 nitrogen and oxygen atoms in total. The molecule has 0 unspecified atom stereocenters. The van der Waals surface area contributed by atoms with Crippen LogP contribution in [0.2, 0.25) is 0 Å². The van der Waals surface area contributed by atoms with Gasteiger partial charge in [-0.2, -0.15) is 0 Å². The zero-order valence-electron chi connectivity index (χ0n) is 10.9. The second-order valence-electron chi connectivity index (χ2n) is 4.84. The summed E-state index contributed by atoms with van der Waals surface area (Å²) in [5.41, 5.74) is 0.847. The number of carbonyl (C=O) groups is 1. The number of ether oxygens (including phenoxy) is 1. The van der Waals surface area contributed by atoms with Crippen molar-refractivity contribution >= 4 is 22.4 Å². The van der Waals surface area contributed by atoms with Crippen molar-refractivity contribution in [3.8, 4) is 0 Å². The van der Waals surface area contributed by atoms with Crippen LogP contribution in [0.3, 0.4) is 0 Å². The van der Waals surface area contributed by atoms with E-state index >= 15 is 0 Å². The Labute approximate surface area is 117 Å². The van der Waals surface area contributed by atoms with E-state index in [1.807, 2.05) is 5.38 Å². The molecule has 0 saturated heterocycles. The number of carboxylic acids is 1. The number of aliphatic carboxylic acids is 1. The van der Waals surface area contributed by atoms with Gasteiger partial charge in [-0.05, 0) is 25.2 Å². The molecular weight excluding hydrogens is 264 g/mol. The van der Waals surface area contributed by atoms with Crippen LogP contribution in [-0.4, -0.2) is 35.8 Å². The Balaban J connectivity index is 1.53. The molecule has 6 heteroatoms. The van der Waals surface area contributed by atoms with Crippen molar-refractivity contribution in [2.75, 3.05) is 25.1 Å². The van der Waals surface area contributed by atoms with Crippen molar-refractivity contribution in [1.29, 1.82) is 0 Å². The van der Waals surface area contributed by atoms with Gasteiger partial charge in [0.25, 0.3) is 0 Å². The van der Waals surface area contributed by atoms with Crippen LogP contribution >= 0.6 is 11.3 Å². The van der Waals surface area contributed by atoms with Gasteiger partial charge in [-0.15, -0.1) is 11.3 Å². The van der Waals surface area contributed by atoms with E-state index in [4.69, 9.17) is 9.84 Å². The van der Waals surface area contributed by atoms with Crippen molar-refractivity contribution in [2.24, 2.45) is 5.92 Å². The van der Waals surface area contributed by atoms with Crippen LogP contribution in [0.25, 0.3) is 0 Å². The Morgan fingerprint density at radius 3 is 3.16 bits per heavy atom. The van der Waals surface area contributed by atoms with Crippen LogP contribution in [0.5, 0.6) is 0 Å². The molecule has 0 atom stereocenters. The molecule has 2 rings (SSSR count). The molecule has 1 saturated carbocycles. The average Bonchev–Trinajstić information content (AvgIpc) is 3.09. The molecule has 0 aromatic carbocycles. The minimum atomic E-state index is -0.782. The van der Waals surface area contributed by atoms with Crippen LogP contribution in [-0.2, 0) is 16.0 Å². The summed E-state index contributed by atoms with van der Waals surface area (Å²) >= 11 is 1.52. The number of thiazole rings is 1. The molecule has 1 fully saturated rings. The third-order valence-electron chi connectivity index (χ3n) is 2.94. The van der Waals surface area contributed by atoms with Gasteiger partial charge in [-0.25, -0.2) is 4.98 Å². The number of nitrogens with one attached hydrogen (secondary N) is 1. The fraction of sp³-hybridized carbons (Fsp3) is 0.692. The summed E-state index contributed by atoms with van der Waals surface area (Å²) in [4.78, 5) is 14.8. The SMILES string of the molecule is O=C(O)CCc1csc(NCCCOCC2CC2)n1. The first kappa shape index (κ1) is 14.3. The summed E-state index contributed by atoms with van der Waals surface area (Å²) in [6.07, 6.45) is 4.26. The first-order valence-electron chi connectivity index (χ1n) is 6.72. The van der Waals surface area contributed by atoms with E-state index in [-0.39, 0.29) is 6.42 Å². The van der Waals surface area contributed by atoms with Gasteiger partial charge in [0.15, 0.2) is 5.13 Å². The number of anilines is 1. The smallest absolute Gasteiger partial charge is 0.303 e. The van der Waals surface area contributed by atoms with Gasteiger partial charge in [0.05, 0.1) is 12.1 Å². The lowest BCUT2D eigenvalue weighted by Crippen LogP contribution is -2.07. The van der Waals surface area contributed by atoms with E-state index in [0.29, 0.717) is 6.42 Å². The Kier molecular flexibility index (Phi) is 5.60. The van der Waals surface area contributed by atoms with Gasteiger partial charge in [0, 0.05) is 31.6 Å². The van der Waals surface area contributed by atoms with Gasteiger partial charge >= 0.3 is 5.97 Å². The first-order chi connectivity index (χ1) is 9.24. The molecule has 2 N–H and O–H groups in total. The number of aromatic nitrogens is 1. The van der Waals surface area contributed by atoms with Gasteiger partial charge in [-0.1, -0.05) is 0 Å². The number of carboxylic acid groups (broad SMARTS) is 1. The quantitative estimate of drug-likeness (QED) is 0.645. The van der Waals surface area contributed by atoms with Crippen LogP contribution in [0.1, 0.15) is 31.4 Å². The molecule has 1 aromatic heterocycles. The maximum Gasteiger partial charge on any atom is 0.303 e. The van der Waals surface area contributed by atoms with Gasteiger partial charge in [-0.3, -0.25) is 4.79 Å². The molecule has 0 bridgehead atoms. The van der Waals surface area contributed by atoms with Crippen LogP contribution in [0.4, 0.5) is 5.13 Å². The van der Waals surface area contributed by atoms with Crippen molar-refractivity contribution in [3.05, 3.63) is 11.1 Å². The Morgan fingerprint density at radius 2 is 2.42 bits per heavy atom. The Morgan fingerprint density at radius 1 is 1.58 bits per heavy atom. The summed E-state index contributed by atoms with van der Waals surface area (Å²) in [6.45, 7) is 2.55. The van der Waals surface area contributed by atoms with E-state index in [1.54, 1.807) is 0 Å². The zero-order chi connectivity index (χ0) is 13.5. The lowest BCUT2D eigenvalue weighted by molar-refractivity contribution is -0.136. The number of hydrogen-bond acceptors (Lipinski definition) is 5. The summed E-state index contributed by atoms with van der Waals surface area (Å²) in [6, 6.07) is 0. The maximum absolute atomic E-state index is 10.5. The minimum Gasteiger partial charge on any atom is -0.481 e. The van der Waals surface area contributed by atoms with E-state index in [0.717, 1.165) is 42.9 Å². The van der Waals surface area contributed by atoms with E-state index in [2.05, 4.69) is 10.3 Å². The minimum absolute atomic E-state index is 0.137. The second-order valence-corrected chi connectivity index (χ2v) is 5.69. The van der Waals surface area contributed by atoms with Crippen molar-refractivity contribution in [3.63, 3.8) is 0 Å². The molecule has 1 aliphatic rings. The number of rotatable bonds is 10. The first-order valence-corrected chi connectivity index (χ1v) is 7.60. The van der Waals surface area contributed by atoms with E-state index < -0.39 is 5.97 Å². The van der Waals surface area contributed by atoms with Crippen molar-refractivity contribution < 1.29 is 14.6 Å². The fourth-order valence-electron chi connectivity index (χ4n) is 1.64. The highest BCUT2D eigenvalue weighted by molar-refractivity contribution is 7.13. The predicted octanol–water partition coefficient (Wildman–Crippen LogP) is 2.39. The molecule has 0 aliphatic heterocycles. The summed E-state index contributed by atoms with van der Waals surface area (Å²) in [5, 5.41) is 14.6. The highest BCUT2D eigenvalue weighted by Crippen LogP contribution is 2.28. The molecule has 1 aliphatic carbocycles. The Bertz CT molecular complexity index is 404. The molecule has 106 valence electrons. The van der Waals surface area contributed by atoms with Crippen molar-refractivity contribution in [1.82, 2.24) is 4.98 Å². The zero-order valence-corrected chi connectivity index (χ0v) is 11.7. The second kappa shape index (κ2) is 7.45. The third kappa shape index (κ3) is 6.02. The monoisotopic (exact) mass is 284 g/mol. The highest BCUT2D eigenvalue weighted by Gasteiger charge is 2.20. The Hall–Kier alpha value is -1.14.